The highest BCUT2D eigenvalue weighted by Crippen LogP contribution is 2.33. The minimum atomic E-state index is -0.632. The van der Waals surface area contributed by atoms with Crippen LogP contribution in [0.2, 0.25) is 5.15 Å². The topological polar surface area (TPSA) is 69.5 Å². The second-order valence-electron chi connectivity index (χ2n) is 7.77. The fraction of sp³-hybridized carbons (Fsp3) is 0.435. The predicted octanol–water partition coefficient (Wildman–Crippen LogP) is 3.86. The first-order valence-electron chi connectivity index (χ1n) is 10.8. The summed E-state index contributed by atoms with van der Waals surface area (Å²) in [5.41, 5.74) is 0.735. The molecule has 0 unspecified atom stereocenters. The van der Waals surface area contributed by atoms with E-state index in [2.05, 4.69) is 14.9 Å². The monoisotopic (exact) mass is 460 g/mol. The molecule has 0 N–H and O–H groups in total. The van der Waals surface area contributed by atoms with Crippen molar-refractivity contribution >= 4 is 22.5 Å². The molecule has 1 aliphatic rings. The maximum absolute atomic E-state index is 12.9. The van der Waals surface area contributed by atoms with E-state index in [0.717, 1.165) is 26.1 Å². The zero-order valence-electron chi connectivity index (χ0n) is 18.0. The maximum Gasteiger partial charge on any atom is 0.261 e. The van der Waals surface area contributed by atoms with E-state index < -0.39 is 6.67 Å². The summed E-state index contributed by atoms with van der Waals surface area (Å²) in [6.07, 6.45) is 4.93. The van der Waals surface area contributed by atoms with E-state index in [9.17, 15) is 9.18 Å². The molecular formula is C23H26ClFN4O3. The highest BCUT2D eigenvalue weighted by atomic mass is 35.5. The van der Waals surface area contributed by atoms with Crippen LogP contribution in [0, 0.1) is 0 Å². The first kappa shape index (κ1) is 22.5. The second-order valence-corrected chi connectivity index (χ2v) is 8.16. The van der Waals surface area contributed by atoms with Crippen molar-refractivity contribution in [2.45, 2.75) is 19.3 Å². The van der Waals surface area contributed by atoms with E-state index in [1.165, 1.54) is 29.7 Å². The van der Waals surface area contributed by atoms with Crippen molar-refractivity contribution in [2.24, 2.45) is 7.05 Å². The maximum atomic E-state index is 12.9. The molecule has 0 amide bonds. The third kappa shape index (κ3) is 5.02. The molecule has 1 aliphatic heterocycles. The minimum Gasteiger partial charge on any atom is -0.493 e. The third-order valence-electron chi connectivity index (χ3n) is 5.54. The molecule has 0 saturated carbocycles. The van der Waals surface area contributed by atoms with Gasteiger partial charge in [-0.1, -0.05) is 11.6 Å². The first-order valence-corrected chi connectivity index (χ1v) is 11.2. The lowest BCUT2D eigenvalue weighted by Gasteiger charge is -2.16. The van der Waals surface area contributed by atoms with E-state index in [1.54, 1.807) is 19.2 Å². The van der Waals surface area contributed by atoms with Gasteiger partial charge in [-0.2, -0.15) is 0 Å². The van der Waals surface area contributed by atoms with Crippen molar-refractivity contribution in [3.8, 4) is 22.9 Å². The second kappa shape index (κ2) is 10.3. The Morgan fingerprint density at radius 2 is 1.97 bits per heavy atom. The molecule has 0 atom stereocenters. The molecule has 0 spiro atoms. The Bertz CT molecular complexity index is 1150. The lowest BCUT2D eigenvalue weighted by Crippen LogP contribution is -2.22. The van der Waals surface area contributed by atoms with E-state index in [-0.39, 0.29) is 17.3 Å². The van der Waals surface area contributed by atoms with Crippen molar-refractivity contribution in [3.63, 3.8) is 0 Å². The van der Waals surface area contributed by atoms with Crippen LogP contribution in [0.25, 0.3) is 22.3 Å². The number of alkyl halides is 1. The number of fused-ring (bicyclic) bond motifs is 1. The Kier molecular flexibility index (Phi) is 7.22. The number of likely N-dealkylation sites (tertiary alicyclic amines) is 1. The van der Waals surface area contributed by atoms with Crippen LogP contribution in [0.15, 0.2) is 35.3 Å². The van der Waals surface area contributed by atoms with Crippen LogP contribution in [0.1, 0.15) is 19.3 Å². The predicted molar refractivity (Wildman–Crippen MR) is 122 cm³/mol. The number of pyridine rings is 1. The van der Waals surface area contributed by atoms with Crippen LogP contribution < -0.4 is 15.0 Å². The smallest absolute Gasteiger partial charge is 0.261 e. The largest absolute Gasteiger partial charge is 0.493 e. The van der Waals surface area contributed by atoms with Gasteiger partial charge in [-0.15, -0.1) is 0 Å². The zero-order chi connectivity index (χ0) is 22.5. The molecule has 9 heteroatoms. The number of ether oxygens (including phenoxy) is 2. The van der Waals surface area contributed by atoms with Gasteiger partial charge in [0, 0.05) is 19.7 Å². The first-order chi connectivity index (χ1) is 15.6. The number of hydrogen-bond acceptors (Lipinski definition) is 6. The standard InChI is InChI=1S/C23H26ClFN4O3/c1-28-22(27-19-15-26-21(24)14-18(19)23(28)30)17-6-5-16(13-20(17)32-12-7-25)31-11-4-10-29-8-2-3-9-29/h5-6,13-15H,2-4,7-12H2,1H3. The van der Waals surface area contributed by atoms with Crippen LogP contribution >= 0.6 is 11.6 Å². The number of aromatic nitrogens is 3. The zero-order valence-corrected chi connectivity index (χ0v) is 18.8. The summed E-state index contributed by atoms with van der Waals surface area (Å²) < 4.78 is 25.8. The Morgan fingerprint density at radius 3 is 2.75 bits per heavy atom. The van der Waals surface area contributed by atoms with Crippen molar-refractivity contribution in [1.29, 1.82) is 0 Å². The number of nitrogens with zero attached hydrogens (tertiary/aromatic N) is 4. The molecule has 1 saturated heterocycles. The summed E-state index contributed by atoms with van der Waals surface area (Å²) in [6.45, 7) is 3.18. The van der Waals surface area contributed by atoms with E-state index in [4.69, 9.17) is 21.1 Å². The van der Waals surface area contributed by atoms with Gasteiger partial charge in [0.25, 0.3) is 5.56 Å². The number of halogens is 2. The van der Waals surface area contributed by atoms with E-state index >= 15 is 0 Å². The van der Waals surface area contributed by atoms with Crippen molar-refractivity contribution < 1.29 is 13.9 Å². The third-order valence-corrected chi connectivity index (χ3v) is 5.75. The van der Waals surface area contributed by atoms with E-state index in [1.807, 2.05) is 6.07 Å². The summed E-state index contributed by atoms with van der Waals surface area (Å²) in [5, 5.41) is 0.600. The SMILES string of the molecule is Cn1c(-c2ccc(OCCCN3CCCC3)cc2OCCF)nc2cnc(Cl)cc2c1=O. The Hall–Kier alpha value is -2.71. The minimum absolute atomic E-state index is 0.107. The fourth-order valence-electron chi connectivity index (χ4n) is 3.92. The Morgan fingerprint density at radius 1 is 1.16 bits per heavy atom. The van der Waals surface area contributed by atoms with Gasteiger partial charge in [0.2, 0.25) is 0 Å². The van der Waals surface area contributed by atoms with Crippen LogP contribution in [-0.2, 0) is 7.05 Å². The summed E-state index contributed by atoms with van der Waals surface area (Å²) in [7, 11) is 1.63. The average Bonchev–Trinajstić information content (AvgIpc) is 3.32. The number of rotatable bonds is 9. The lowest BCUT2D eigenvalue weighted by molar-refractivity contribution is 0.257. The Labute approximate surface area is 190 Å². The summed E-state index contributed by atoms with van der Waals surface area (Å²) in [5.74, 6) is 1.42. The molecule has 4 rings (SSSR count). The molecule has 0 radical (unpaired) electrons. The summed E-state index contributed by atoms with van der Waals surface area (Å²) in [4.78, 5) is 23.9. The van der Waals surface area contributed by atoms with Crippen LogP contribution in [0.5, 0.6) is 11.5 Å². The molecule has 2 aromatic heterocycles. The van der Waals surface area contributed by atoms with E-state index in [0.29, 0.717) is 40.4 Å². The van der Waals surface area contributed by atoms with Gasteiger partial charge < -0.3 is 14.4 Å². The highest BCUT2D eigenvalue weighted by molar-refractivity contribution is 6.30. The van der Waals surface area contributed by atoms with Gasteiger partial charge in [-0.05, 0) is 50.6 Å². The average molecular weight is 461 g/mol. The molecule has 3 heterocycles. The van der Waals surface area contributed by atoms with Crippen molar-refractivity contribution in [3.05, 3.63) is 46.0 Å². The van der Waals surface area contributed by atoms with Crippen LogP contribution in [-0.4, -0.2) is 59.0 Å². The molecule has 32 heavy (non-hydrogen) atoms. The van der Waals surface area contributed by atoms with Gasteiger partial charge >= 0.3 is 0 Å². The Balaban J connectivity index is 1.59. The van der Waals surface area contributed by atoms with Gasteiger partial charge in [0.1, 0.15) is 35.8 Å². The van der Waals surface area contributed by atoms with Gasteiger partial charge in [-0.25, -0.2) is 14.4 Å². The normalized spacial score (nSPS) is 14.2. The molecule has 0 aliphatic carbocycles. The summed E-state index contributed by atoms with van der Waals surface area (Å²) >= 11 is 5.93. The summed E-state index contributed by atoms with van der Waals surface area (Å²) in [6, 6.07) is 6.80. The van der Waals surface area contributed by atoms with Crippen molar-refractivity contribution in [1.82, 2.24) is 19.4 Å². The molecule has 7 nitrogen and oxygen atoms in total. The molecule has 3 aromatic rings. The van der Waals surface area contributed by atoms with Crippen LogP contribution in [0.3, 0.4) is 0 Å². The molecular weight excluding hydrogens is 435 g/mol. The van der Waals surface area contributed by atoms with Gasteiger partial charge in [0.15, 0.2) is 0 Å². The molecule has 170 valence electrons. The van der Waals surface area contributed by atoms with Crippen molar-refractivity contribution in [2.75, 3.05) is 39.5 Å². The highest BCUT2D eigenvalue weighted by Gasteiger charge is 2.17. The lowest BCUT2D eigenvalue weighted by atomic mass is 10.1. The fourth-order valence-corrected chi connectivity index (χ4v) is 4.08. The molecule has 1 aromatic carbocycles. The molecule has 0 bridgehead atoms. The van der Waals surface area contributed by atoms with Gasteiger partial charge in [-0.3, -0.25) is 9.36 Å². The number of hydrogen-bond donors (Lipinski definition) is 0. The number of benzene rings is 1. The molecule has 1 fully saturated rings. The van der Waals surface area contributed by atoms with Crippen LogP contribution in [0.4, 0.5) is 4.39 Å². The quantitative estimate of drug-likeness (QED) is 0.357. The van der Waals surface area contributed by atoms with Gasteiger partial charge in [0.05, 0.1) is 29.3 Å².